The van der Waals surface area contributed by atoms with Crippen LogP contribution in [-0.4, -0.2) is 67.1 Å². The van der Waals surface area contributed by atoms with Gasteiger partial charge in [-0.05, 0) is 24.6 Å². The maximum atomic E-state index is 12.7. The molecule has 1 amide bonds. The summed E-state index contributed by atoms with van der Waals surface area (Å²) in [6.45, 7) is 0.815. The molecule has 3 aromatic heterocycles. The predicted molar refractivity (Wildman–Crippen MR) is 122 cm³/mol. The summed E-state index contributed by atoms with van der Waals surface area (Å²) in [5.74, 6) is -2.51. The first-order valence-electron chi connectivity index (χ1n) is 10.7. The minimum atomic E-state index is -5.08. The number of ether oxygens (including phenoxy) is 1. The number of halogens is 3. The summed E-state index contributed by atoms with van der Waals surface area (Å²) >= 11 is 0. The van der Waals surface area contributed by atoms with Crippen molar-refractivity contribution in [1.29, 1.82) is 0 Å². The number of aryl methyl sites for hydroxylation is 1. The Balaban J connectivity index is 0.000000384. The Labute approximate surface area is 201 Å². The van der Waals surface area contributed by atoms with E-state index in [-0.39, 0.29) is 18.1 Å². The Kier molecular flexibility index (Phi) is 6.90. The molecule has 190 valence electrons. The number of carboxylic acids is 1. The number of carboxylic acid groups (broad SMARTS) is 1. The highest BCUT2D eigenvalue weighted by molar-refractivity contribution is 6.05. The second-order valence-electron chi connectivity index (χ2n) is 8.06. The smallest absolute Gasteiger partial charge is 0.475 e. The highest BCUT2D eigenvalue weighted by Gasteiger charge is 2.38. The van der Waals surface area contributed by atoms with Gasteiger partial charge in [-0.1, -0.05) is 0 Å². The molecule has 4 heterocycles. The van der Waals surface area contributed by atoms with Crippen LogP contribution in [0.4, 0.5) is 19.0 Å². The molecule has 3 N–H and O–H groups in total. The third-order valence-corrected chi connectivity index (χ3v) is 5.63. The lowest BCUT2D eigenvalue weighted by atomic mass is 10.1. The van der Waals surface area contributed by atoms with Gasteiger partial charge in [-0.3, -0.25) is 9.48 Å². The number of nitrogens with zero attached hydrogens (tertiary/aromatic N) is 5. The van der Waals surface area contributed by atoms with Gasteiger partial charge in [-0.25, -0.2) is 14.8 Å². The number of rotatable bonds is 4. The lowest BCUT2D eigenvalue weighted by Crippen LogP contribution is -2.21. The summed E-state index contributed by atoms with van der Waals surface area (Å²) < 4.78 is 40.8. The zero-order valence-electron chi connectivity index (χ0n) is 19.2. The first-order chi connectivity index (χ1) is 17.0. The minimum Gasteiger partial charge on any atom is -0.475 e. The quantitative estimate of drug-likeness (QED) is 0.385. The van der Waals surface area contributed by atoms with Gasteiger partial charge in [0.05, 0.1) is 41.9 Å². The van der Waals surface area contributed by atoms with Gasteiger partial charge in [-0.15, -0.1) is 0 Å². The third kappa shape index (κ3) is 5.44. The van der Waals surface area contributed by atoms with Crippen LogP contribution in [0.3, 0.4) is 0 Å². The molecule has 2 atom stereocenters. The Bertz CT molecular complexity index is 1420. The van der Waals surface area contributed by atoms with Crippen molar-refractivity contribution in [3.05, 3.63) is 54.2 Å². The van der Waals surface area contributed by atoms with Crippen molar-refractivity contribution < 1.29 is 32.6 Å². The molecule has 1 saturated heterocycles. The van der Waals surface area contributed by atoms with Crippen LogP contribution in [0.5, 0.6) is 0 Å². The van der Waals surface area contributed by atoms with Crippen LogP contribution in [0.2, 0.25) is 0 Å². The van der Waals surface area contributed by atoms with Crippen LogP contribution < -0.4 is 10.6 Å². The topological polar surface area (TPSA) is 136 Å². The number of aromatic nitrogens is 5. The highest BCUT2D eigenvalue weighted by Crippen LogP contribution is 2.24. The number of hydrogen-bond acceptors (Lipinski definition) is 7. The van der Waals surface area contributed by atoms with Crippen molar-refractivity contribution >= 4 is 34.2 Å². The predicted octanol–water partition coefficient (Wildman–Crippen LogP) is 2.55. The van der Waals surface area contributed by atoms with Gasteiger partial charge in [-0.2, -0.15) is 18.3 Å². The molecule has 0 radical (unpaired) electrons. The monoisotopic (exact) mass is 505 g/mol. The largest absolute Gasteiger partial charge is 0.490 e. The number of fused-ring (bicyclic) bond motifs is 2. The fourth-order valence-corrected chi connectivity index (χ4v) is 3.75. The number of carbonyl (C=O) groups is 2. The fraction of sp³-hybridized carbons (Fsp3) is 0.318. The summed E-state index contributed by atoms with van der Waals surface area (Å²) in [5, 5.41) is 18.5. The number of aliphatic carboxylic acids is 1. The van der Waals surface area contributed by atoms with E-state index in [2.05, 4.69) is 25.7 Å². The molecule has 0 aliphatic carbocycles. The first-order valence-corrected chi connectivity index (χ1v) is 10.7. The molecule has 0 saturated carbocycles. The van der Waals surface area contributed by atoms with E-state index in [1.54, 1.807) is 36.4 Å². The van der Waals surface area contributed by atoms with Crippen LogP contribution in [0.15, 0.2) is 43.0 Å². The Hall–Kier alpha value is -4.04. The number of amides is 1. The number of imidazole rings is 1. The number of hydrogen-bond donors (Lipinski definition) is 3. The average Bonchev–Trinajstić information content (AvgIpc) is 3.56. The summed E-state index contributed by atoms with van der Waals surface area (Å²) in [6, 6.07) is 5.65. The number of benzene rings is 1. The number of methoxy groups -OCH3 is 1. The van der Waals surface area contributed by atoms with E-state index in [4.69, 9.17) is 14.6 Å². The van der Waals surface area contributed by atoms with Crippen molar-refractivity contribution in [2.24, 2.45) is 7.05 Å². The standard InChI is InChI=1S/C20H21N7O2.C2HF3O2/c1-26-17-4-3-12(5-13(17)7-23-26)20(28)25-18-11-27-10-16(24-19(27)9-22-18)15-6-14(29-2)8-21-15;3-2(4,5)1(6)7/h3-5,7,9-11,14-15,21H,6,8H2,1-2H3,(H,25,28);(H,6,7)/t14-,15?;/m0./s1. The second kappa shape index (κ2) is 9.91. The number of nitrogens with one attached hydrogen (secondary N) is 2. The Morgan fingerprint density at radius 2 is 2.00 bits per heavy atom. The summed E-state index contributed by atoms with van der Waals surface area (Å²) in [5.41, 5.74) is 3.21. The highest BCUT2D eigenvalue weighted by atomic mass is 19.4. The maximum Gasteiger partial charge on any atom is 0.490 e. The van der Waals surface area contributed by atoms with Gasteiger partial charge in [0.15, 0.2) is 5.65 Å². The zero-order chi connectivity index (χ0) is 26.0. The number of carbonyl (C=O) groups excluding carboxylic acids is 1. The third-order valence-electron chi connectivity index (χ3n) is 5.63. The molecule has 14 heteroatoms. The van der Waals surface area contributed by atoms with Crippen molar-refractivity contribution in [3.8, 4) is 0 Å². The van der Waals surface area contributed by atoms with Gasteiger partial charge in [0.2, 0.25) is 0 Å². The van der Waals surface area contributed by atoms with Crippen LogP contribution in [-0.2, 0) is 16.6 Å². The fourth-order valence-electron chi connectivity index (χ4n) is 3.75. The molecule has 1 aliphatic heterocycles. The van der Waals surface area contributed by atoms with E-state index in [1.807, 2.05) is 29.8 Å². The number of alkyl halides is 3. The average molecular weight is 505 g/mol. The Morgan fingerprint density at radius 3 is 2.67 bits per heavy atom. The van der Waals surface area contributed by atoms with E-state index in [0.717, 1.165) is 35.2 Å². The second-order valence-corrected chi connectivity index (χ2v) is 8.06. The van der Waals surface area contributed by atoms with E-state index in [9.17, 15) is 18.0 Å². The summed E-state index contributed by atoms with van der Waals surface area (Å²) in [4.78, 5) is 30.5. The zero-order valence-corrected chi connectivity index (χ0v) is 19.2. The molecule has 1 aliphatic rings. The van der Waals surface area contributed by atoms with E-state index in [0.29, 0.717) is 11.4 Å². The van der Waals surface area contributed by atoms with Gasteiger partial charge in [0.1, 0.15) is 5.82 Å². The molecular formula is C22H22F3N7O4. The molecule has 36 heavy (non-hydrogen) atoms. The van der Waals surface area contributed by atoms with E-state index >= 15 is 0 Å². The summed E-state index contributed by atoms with van der Waals surface area (Å²) in [7, 11) is 3.60. The normalized spacial score (nSPS) is 17.7. The van der Waals surface area contributed by atoms with Crippen LogP contribution in [0, 0.1) is 0 Å². The molecule has 4 aromatic rings. The molecule has 5 rings (SSSR count). The van der Waals surface area contributed by atoms with Crippen LogP contribution in [0.25, 0.3) is 16.6 Å². The molecule has 1 aromatic carbocycles. The van der Waals surface area contributed by atoms with Crippen LogP contribution >= 0.6 is 0 Å². The van der Waals surface area contributed by atoms with Crippen molar-refractivity contribution in [3.63, 3.8) is 0 Å². The summed E-state index contributed by atoms with van der Waals surface area (Å²) in [6.07, 6.45) is 3.14. The van der Waals surface area contributed by atoms with Gasteiger partial charge in [0, 0.05) is 37.8 Å². The Morgan fingerprint density at radius 1 is 1.25 bits per heavy atom. The first kappa shape index (κ1) is 25.1. The molecule has 1 fully saturated rings. The van der Waals surface area contributed by atoms with Crippen molar-refractivity contribution in [2.45, 2.75) is 24.7 Å². The molecule has 11 nitrogen and oxygen atoms in total. The van der Waals surface area contributed by atoms with E-state index < -0.39 is 12.1 Å². The molecule has 0 bridgehead atoms. The minimum absolute atomic E-state index is 0.157. The van der Waals surface area contributed by atoms with Crippen molar-refractivity contribution in [2.75, 3.05) is 19.0 Å². The molecular weight excluding hydrogens is 483 g/mol. The van der Waals surface area contributed by atoms with Gasteiger partial charge < -0.3 is 24.9 Å². The molecule has 0 spiro atoms. The van der Waals surface area contributed by atoms with E-state index in [1.165, 1.54) is 0 Å². The van der Waals surface area contributed by atoms with Gasteiger partial charge in [0.25, 0.3) is 5.91 Å². The van der Waals surface area contributed by atoms with Crippen LogP contribution in [0.1, 0.15) is 28.5 Å². The maximum absolute atomic E-state index is 12.7. The number of anilines is 1. The SMILES string of the molecule is CO[C@@H]1CNC(c2cn3cc(NC(=O)c4ccc5c(cnn5C)c4)ncc3n2)C1.O=C(O)C(F)(F)F. The lowest BCUT2D eigenvalue weighted by molar-refractivity contribution is -0.192. The lowest BCUT2D eigenvalue weighted by Gasteiger charge is -2.06. The van der Waals surface area contributed by atoms with Gasteiger partial charge >= 0.3 is 12.1 Å². The van der Waals surface area contributed by atoms with Crippen molar-refractivity contribution in [1.82, 2.24) is 29.5 Å². The molecule has 1 unspecified atom stereocenters.